The van der Waals surface area contributed by atoms with Crippen LogP contribution in [0.5, 0.6) is 5.75 Å². The molecule has 4 heterocycles. The Bertz CT molecular complexity index is 1410. The Morgan fingerprint density at radius 3 is 2.88 bits per heavy atom. The maximum atomic E-state index is 13.5. The average molecular weight is 459 g/mol. The molecule has 0 unspecified atom stereocenters. The SMILES string of the molecule is Cc1nn(C)c2nc(-c3cccs3)cc(C(=O)Nc3ccccc3OCCn3ccnc3)c12. The molecule has 0 saturated heterocycles. The molecule has 166 valence electrons. The summed E-state index contributed by atoms with van der Waals surface area (Å²) in [4.78, 5) is 23.3. The zero-order valence-electron chi connectivity index (χ0n) is 18.2. The van der Waals surface area contributed by atoms with Crippen molar-refractivity contribution in [2.45, 2.75) is 13.5 Å². The van der Waals surface area contributed by atoms with Gasteiger partial charge in [-0.05, 0) is 36.6 Å². The number of carbonyl (C=O) groups is 1. The van der Waals surface area contributed by atoms with Crippen LogP contribution in [0.15, 0.2) is 66.6 Å². The van der Waals surface area contributed by atoms with Crippen molar-refractivity contribution in [1.29, 1.82) is 0 Å². The minimum Gasteiger partial charge on any atom is -0.490 e. The van der Waals surface area contributed by atoms with Crippen LogP contribution < -0.4 is 10.1 Å². The fourth-order valence-corrected chi connectivity index (χ4v) is 4.43. The van der Waals surface area contributed by atoms with Crippen molar-refractivity contribution >= 4 is 34.0 Å². The van der Waals surface area contributed by atoms with Gasteiger partial charge in [0.2, 0.25) is 0 Å². The number of imidazole rings is 1. The molecule has 33 heavy (non-hydrogen) atoms. The molecule has 5 rings (SSSR count). The highest BCUT2D eigenvalue weighted by molar-refractivity contribution is 7.13. The van der Waals surface area contributed by atoms with Gasteiger partial charge in [0.15, 0.2) is 5.65 Å². The summed E-state index contributed by atoms with van der Waals surface area (Å²) >= 11 is 1.58. The molecule has 0 aliphatic rings. The molecule has 0 atom stereocenters. The zero-order valence-corrected chi connectivity index (χ0v) is 19.0. The summed E-state index contributed by atoms with van der Waals surface area (Å²) in [5, 5.41) is 10.3. The van der Waals surface area contributed by atoms with Crippen molar-refractivity contribution in [3.63, 3.8) is 0 Å². The Hall–Kier alpha value is -3.98. The van der Waals surface area contributed by atoms with E-state index in [0.717, 1.165) is 21.7 Å². The van der Waals surface area contributed by atoms with Gasteiger partial charge < -0.3 is 14.6 Å². The third-order valence-corrected chi connectivity index (χ3v) is 6.18. The minimum atomic E-state index is -0.234. The quantitative estimate of drug-likeness (QED) is 0.387. The molecule has 4 aromatic heterocycles. The molecule has 0 saturated carbocycles. The fourth-order valence-electron chi connectivity index (χ4n) is 3.74. The summed E-state index contributed by atoms with van der Waals surface area (Å²) in [5.41, 5.74) is 3.32. The monoisotopic (exact) mass is 458 g/mol. The number of pyridine rings is 1. The number of nitrogens with zero attached hydrogens (tertiary/aromatic N) is 5. The standard InChI is InChI=1S/C24H22N6O2S/c1-16-22-17(14-19(21-8-5-13-33-21)26-23(22)29(2)28-16)24(31)27-18-6-3-4-7-20(18)32-12-11-30-10-9-25-15-30/h3-10,13-15H,11-12H2,1-2H3,(H,27,31). The summed E-state index contributed by atoms with van der Waals surface area (Å²) in [6.45, 7) is 3.00. The number of aromatic nitrogens is 5. The van der Waals surface area contributed by atoms with Gasteiger partial charge in [-0.2, -0.15) is 5.10 Å². The van der Waals surface area contributed by atoms with Crippen molar-refractivity contribution in [2.75, 3.05) is 11.9 Å². The lowest BCUT2D eigenvalue weighted by atomic mass is 10.1. The Labute approximate surface area is 194 Å². The van der Waals surface area contributed by atoms with Gasteiger partial charge in [-0.25, -0.2) is 9.97 Å². The molecular weight excluding hydrogens is 436 g/mol. The highest BCUT2D eigenvalue weighted by Gasteiger charge is 2.20. The first-order valence-electron chi connectivity index (χ1n) is 10.5. The lowest BCUT2D eigenvalue weighted by Gasteiger charge is -2.13. The van der Waals surface area contributed by atoms with E-state index in [9.17, 15) is 4.79 Å². The van der Waals surface area contributed by atoms with Gasteiger partial charge in [-0.1, -0.05) is 18.2 Å². The number of benzene rings is 1. The van der Waals surface area contributed by atoms with Crippen LogP contribution >= 0.6 is 11.3 Å². The second-order valence-corrected chi connectivity index (χ2v) is 8.49. The van der Waals surface area contributed by atoms with E-state index in [1.54, 1.807) is 28.5 Å². The molecule has 0 fully saturated rings. The average Bonchev–Trinajstić information content (AvgIpc) is 3.58. The maximum absolute atomic E-state index is 13.5. The number of hydrogen-bond donors (Lipinski definition) is 1. The second kappa shape index (κ2) is 8.87. The summed E-state index contributed by atoms with van der Waals surface area (Å²) in [6, 6.07) is 13.2. The van der Waals surface area contributed by atoms with Crippen LogP contribution in [0.3, 0.4) is 0 Å². The Morgan fingerprint density at radius 2 is 2.09 bits per heavy atom. The Balaban J connectivity index is 1.45. The number of thiophene rings is 1. The third kappa shape index (κ3) is 4.22. The van der Waals surface area contributed by atoms with Crippen LogP contribution in [0, 0.1) is 6.92 Å². The van der Waals surface area contributed by atoms with Crippen molar-refractivity contribution < 1.29 is 9.53 Å². The number of carbonyl (C=O) groups excluding carboxylic acids is 1. The van der Waals surface area contributed by atoms with E-state index in [1.807, 2.05) is 72.6 Å². The zero-order chi connectivity index (χ0) is 22.8. The van der Waals surface area contributed by atoms with Gasteiger partial charge >= 0.3 is 0 Å². The summed E-state index contributed by atoms with van der Waals surface area (Å²) in [7, 11) is 1.84. The number of para-hydroxylation sites is 2. The van der Waals surface area contributed by atoms with E-state index < -0.39 is 0 Å². The first-order chi connectivity index (χ1) is 16.1. The molecule has 9 heteroatoms. The highest BCUT2D eigenvalue weighted by atomic mass is 32.1. The lowest BCUT2D eigenvalue weighted by molar-refractivity contribution is 0.102. The molecule has 1 amide bonds. The number of fused-ring (bicyclic) bond motifs is 1. The van der Waals surface area contributed by atoms with E-state index >= 15 is 0 Å². The van der Waals surface area contributed by atoms with E-state index in [2.05, 4.69) is 15.4 Å². The Morgan fingerprint density at radius 1 is 1.21 bits per heavy atom. The Kier molecular flexibility index (Phi) is 5.62. The lowest BCUT2D eigenvalue weighted by Crippen LogP contribution is -2.15. The second-order valence-electron chi connectivity index (χ2n) is 7.54. The molecule has 1 N–H and O–H groups in total. The van der Waals surface area contributed by atoms with Crippen LogP contribution in [0.2, 0.25) is 0 Å². The largest absolute Gasteiger partial charge is 0.490 e. The third-order valence-electron chi connectivity index (χ3n) is 5.29. The van der Waals surface area contributed by atoms with Crippen molar-refractivity contribution in [3.8, 4) is 16.3 Å². The van der Waals surface area contributed by atoms with Crippen molar-refractivity contribution in [3.05, 3.63) is 77.8 Å². The minimum absolute atomic E-state index is 0.234. The number of nitrogens with one attached hydrogen (secondary N) is 1. The van der Waals surface area contributed by atoms with Gasteiger partial charge in [0, 0.05) is 19.4 Å². The van der Waals surface area contributed by atoms with Crippen LogP contribution in [0.1, 0.15) is 16.1 Å². The van der Waals surface area contributed by atoms with E-state index in [1.165, 1.54) is 0 Å². The molecule has 0 radical (unpaired) electrons. The predicted molar refractivity (Wildman–Crippen MR) is 129 cm³/mol. The number of aryl methyl sites for hydroxylation is 2. The maximum Gasteiger partial charge on any atom is 0.256 e. The van der Waals surface area contributed by atoms with Gasteiger partial charge in [-0.3, -0.25) is 9.48 Å². The van der Waals surface area contributed by atoms with Gasteiger partial charge in [0.05, 0.1) is 45.8 Å². The summed E-state index contributed by atoms with van der Waals surface area (Å²) in [6.07, 6.45) is 5.36. The predicted octanol–water partition coefficient (Wildman–Crippen LogP) is 4.53. The van der Waals surface area contributed by atoms with E-state index in [-0.39, 0.29) is 5.91 Å². The van der Waals surface area contributed by atoms with Crippen molar-refractivity contribution in [1.82, 2.24) is 24.3 Å². The van der Waals surface area contributed by atoms with Gasteiger partial charge in [0.25, 0.3) is 5.91 Å². The molecule has 0 aliphatic carbocycles. The molecule has 0 bridgehead atoms. The number of rotatable bonds is 7. The molecular formula is C24H22N6O2S. The normalized spacial score (nSPS) is 11.1. The number of amides is 1. The molecule has 5 aromatic rings. The van der Waals surface area contributed by atoms with Crippen LogP contribution in [-0.2, 0) is 13.6 Å². The van der Waals surface area contributed by atoms with Crippen LogP contribution in [-0.4, -0.2) is 36.8 Å². The first-order valence-corrected chi connectivity index (χ1v) is 11.4. The number of hydrogen-bond acceptors (Lipinski definition) is 6. The van der Waals surface area contributed by atoms with Gasteiger partial charge in [0.1, 0.15) is 12.4 Å². The smallest absolute Gasteiger partial charge is 0.256 e. The summed E-state index contributed by atoms with van der Waals surface area (Å²) in [5.74, 6) is 0.375. The first kappa shape index (κ1) is 20.9. The van der Waals surface area contributed by atoms with Crippen LogP contribution in [0.4, 0.5) is 5.69 Å². The molecule has 0 aliphatic heterocycles. The van der Waals surface area contributed by atoms with E-state index in [0.29, 0.717) is 35.8 Å². The van der Waals surface area contributed by atoms with Gasteiger partial charge in [-0.15, -0.1) is 11.3 Å². The highest BCUT2D eigenvalue weighted by Crippen LogP contribution is 2.31. The van der Waals surface area contributed by atoms with E-state index in [4.69, 9.17) is 9.72 Å². The number of anilines is 1. The molecule has 8 nitrogen and oxygen atoms in total. The topological polar surface area (TPSA) is 86.9 Å². The molecule has 1 aromatic carbocycles. The molecule has 0 spiro atoms. The van der Waals surface area contributed by atoms with Crippen molar-refractivity contribution in [2.24, 2.45) is 7.05 Å². The summed E-state index contributed by atoms with van der Waals surface area (Å²) < 4.78 is 9.61. The fraction of sp³-hybridized carbons (Fsp3) is 0.167. The van der Waals surface area contributed by atoms with Crippen LogP contribution in [0.25, 0.3) is 21.6 Å². The number of ether oxygens (including phenoxy) is 1.